The zero-order valence-corrected chi connectivity index (χ0v) is 12.7. The third-order valence-electron chi connectivity index (χ3n) is 4.75. The lowest BCUT2D eigenvalue weighted by Gasteiger charge is -2.45. The lowest BCUT2D eigenvalue weighted by Crippen LogP contribution is -2.51. The average Bonchev–Trinajstić information content (AvgIpc) is 2.98. The fourth-order valence-corrected chi connectivity index (χ4v) is 4.21. The minimum absolute atomic E-state index is 0.0465. The van der Waals surface area contributed by atoms with Crippen molar-refractivity contribution in [3.8, 4) is 0 Å². The monoisotopic (exact) mass is 296 g/mol. The molecule has 2 saturated heterocycles. The van der Waals surface area contributed by atoms with Crippen LogP contribution in [0.4, 0.5) is 0 Å². The fraction of sp³-hybridized carbons (Fsp3) is 0.733. The van der Waals surface area contributed by atoms with Crippen LogP contribution in [0.2, 0.25) is 0 Å². The van der Waals surface area contributed by atoms with Gasteiger partial charge in [0, 0.05) is 25.9 Å². The Bertz CT molecular complexity index is 399. The van der Waals surface area contributed by atoms with E-state index in [2.05, 4.69) is 22.3 Å². The van der Waals surface area contributed by atoms with Crippen LogP contribution in [0.1, 0.15) is 31.2 Å². The Balaban J connectivity index is 1.65. The van der Waals surface area contributed by atoms with Crippen LogP contribution < -0.4 is 11.3 Å². The van der Waals surface area contributed by atoms with Gasteiger partial charge in [0.15, 0.2) is 0 Å². The lowest BCUT2D eigenvalue weighted by molar-refractivity contribution is -0.150. The van der Waals surface area contributed by atoms with Gasteiger partial charge in [-0.1, -0.05) is 0 Å². The predicted octanol–water partition coefficient (Wildman–Crippen LogP) is 2.10. The molecule has 0 aliphatic carbocycles. The van der Waals surface area contributed by atoms with Crippen molar-refractivity contribution in [2.45, 2.75) is 43.7 Å². The van der Waals surface area contributed by atoms with Gasteiger partial charge in [0.25, 0.3) is 0 Å². The van der Waals surface area contributed by atoms with Crippen LogP contribution in [0.25, 0.3) is 0 Å². The van der Waals surface area contributed by atoms with Crippen molar-refractivity contribution in [1.82, 2.24) is 5.43 Å². The van der Waals surface area contributed by atoms with Crippen LogP contribution in [0.3, 0.4) is 0 Å². The molecular weight excluding hydrogens is 272 g/mol. The minimum Gasteiger partial charge on any atom is -0.381 e. The SMILES string of the molecule is NNC(Cc1ccsc1)C1CCOC2(CCOCC2)C1. The van der Waals surface area contributed by atoms with Crippen LogP contribution in [-0.4, -0.2) is 31.5 Å². The molecular formula is C15H24N2O2S. The summed E-state index contributed by atoms with van der Waals surface area (Å²) in [7, 11) is 0. The first kappa shape index (κ1) is 14.5. The maximum absolute atomic E-state index is 6.12. The number of nitrogens with one attached hydrogen (secondary N) is 1. The number of rotatable bonds is 4. The Morgan fingerprint density at radius 1 is 1.40 bits per heavy atom. The second kappa shape index (κ2) is 6.54. The molecule has 0 saturated carbocycles. The van der Waals surface area contributed by atoms with Crippen LogP contribution in [-0.2, 0) is 15.9 Å². The molecule has 4 nitrogen and oxygen atoms in total. The normalized spacial score (nSPS) is 27.6. The smallest absolute Gasteiger partial charge is 0.0729 e. The summed E-state index contributed by atoms with van der Waals surface area (Å²) in [4.78, 5) is 0. The van der Waals surface area contributed by atoms with Gasteiger partial charge in [-0.2, -0.15) is 11.3 Å². The molecule has 0 radical (unpaired) electrons. The van der Waals surface area contributed by atoms with Gasteiger partial charge in [-0.3, -0.25) is 11.3 Å². The molecule has 1 aromatic rings. The topological polar surface area (TPSA) is 56.5 Å². The van der Waals surface area contributed by atoms with Gasteiger partial charge in [-0.25, -0.2) is 0 Å². The molecule has 2 unspecified atom stereocenters. The molecule has 0 bridgehead atoms. The third kappa shape index (κ3) is 3.23. The maximum atomic E-state index is 6.12. The van der Waals surface area contributed by atoms with E-state index in [0.717, 1.165) is 51.9 Å². The number of hydrazine groups is 1. The van der Waals surface area contributed by atoms with Gasteiger partial charge in [0.05, 0.1) is 5.60 Å². The van der Waals surface area contributed by atoms with E-state index in [1.165, 1.54) is 5.56 Å². The quantitative estimate of drug-likeness (QED) is 0.660. The first-order valence-corrected chi connectivity index (χ1v) is 8.44. The maximum Gasteiger partial charge on any atom is 0.0729 e. The Labute approximate surface area is 124 Å². The van der Waals surface area contributed by atoms with Gasteiger partial charge in [0.1, 0.15) is 0 Å². The van der Waals surface area contributed by atoms with E-state index in [1.54, 1.807) is 11.3 Å². The summed E-state index contributed by atoms with van der Waals surface area (Å²) in [5.41, 5.74) is 4.48. The molecule has 1 spiro atoms. The highest BCUT2D eigenvalue weighted by atomic mass is 32.1. The van der Waals surface area contributed by atoms with E-state index in [0.29, 0.717) is 12.0 Å². The number of hydrogen-bond acceptors (Lipinski definition) is 5. The Kier molecular flexibility index (Phi) is 4.73. The van der Waals surface area contributed by atoms with Crippen LogP contribution >= 0.6 is 11.3 Å². The molecule has 0 aromatic carbocycles. The number of hydrogen-bond donors (Lipinski definition) is 2. The molecule has 5 heteroatoms. The Morgan fingerprint density at radius 3 is 2.95 bits per heavy atom. The molecule has 0 amide bonds. The van der Waals surface area contributed by atoms with Crippen molar-refractivity contribution >= 4 is 11.3 Å². The number of nitrogens with two attached hydrogens (primary N) is 1. The van der Waals surface area contributed by atoms with Gasteiger partial charge >= 0.3 is 0 Å². The molecule has 1 aromatic heterocycles. The van der Waals surface area contributed by atoms with Crippen molar-refractivity contribution in [3.63, 3.8) is 0 Å². The van der Waals surface area contributed by atoms with Gasteiger partial charge in [0.2, 0.25) is 0 Å². The van der Waals surface area contributed by atoms with Crippen LogP contribution in [0.15, 0.2) is 16.8 Å². The fourth-order valence-electron chi connectivity index (χ4n) is 3.53. The largest absolute Gasteiger partial charge is 0.381 e. The minimum atomic E-state index is 0.0465. The van der Waals surface area contributed by atoms with Gasteiger partial charge in [-0.15, -0.1) is 0 Å². The van der Waals surface area contributed by atoms with E-state index >= 15 is 0 Å². The van der Waals surface area contributed by atoms with Crippen molar-refractivity contribution in [1.29, 1.82) is 0 Å². The highest BCUT2D eigenvalue weighted by molar-refractivity contribution is 7.07. The molecule has 3 N–H and O–H groups in total. The Hall–Kier alpha value is -0.460. The zero-order chi connectivity index (χ0) is 13.8. The van der Waals surface area contributed by atoms with Crippen molar-refractivity contribution in [2.75, 3.05) is 19.8 Å². The first-order chi connectivity index (χ1) is 9.81. The first-order valence-electron chi connectivity index (χ1n) is 7.50. The van der Waals surface area contributed by atoms with Crippen molar-refractivity contribution in [2.24, 2.45) is 11.8 Å². The van der Waals surface area contributed by atoms with E-state index in [1.807, 2.05) is 0 Å². The molecule has 3 heterocycles. The summed E-state index contributed by atoms with van der Waals surface area (Å²) < 4.78 is 11.6. The van der Waals surface area contributed by atoms with Crippen LogP contribution in [0, 0.1) is 5.92 Å². The molecule has 2 aliphatic heterocycles. The third-order valence-corrected chi connectivity index (χ3v) is 5.49. The summed E-state index contributed by atoms with van der Waals surface area (Å²) in [5.74, 6) is 6.42. The average molecular weight is 296 g/mol. The summed E-state index contributed by atoms with van der Waals surface area (Å²) >= 11 is 1.75. The van der Waals surface area contributed by atoms with E-state index in [9.17, 15) is 0 Å². The van der Waals surface area contributed by atoms with Crippen molar-refractivity contribution in [3.05, 3.63) is 22.4 Å². The predicted molar refractivity (Wildman–Crippen MR) is 80.6 cm³/mol. The molecule has 2 aliphatic rings. The summed E-state index contributed by atoms with van der Waals surface area (Å²) in [6, 6.07) is 2.53. The summed E-state index contributed by atoms with van der Waals surface area (Å²) in [6.07, 6.45) is 5.27. The lowest BCUT2D eigenvalue weighted by atomic mass is 9.77. The second-order valence-corrected chi connectivity index (χ2v) is 6.79. The molecule has 2 fully saturated rings. The number of ether oxygens (including phenoxy) is 2. The molecule has 3 rings (SSSR count). The standard InChI is InChI=1S/C15H24N2O2S/c16-17-14(9-12-2-8-20-11-12)13-1-5-19-15(10-13)3-6-18-7-4-15/h2,8,11,13-14,17H,1,3-7,9-10,16H2. The van der Waals surface area contributed by atoms with E-state index in [4.69, 9.17) is 15.3 Å². The highest BCUT2D eigenvalue weighted by Crippen LogP contribution is 2.38. The summed E-state index contributed by atoms with van der Waals surface area (Å²) in [6.45, 7) is 2.52. The van der Waals surface area contributed by atoms with Crippen molar-refractivity contribution < 1.29 is 9.47 Å². The zero-order valence-electron chi connectivity index (χ0n) is 11.8. The van der Waals surface area contributed by atoms with Gasteiger partial charge < -0.3 is 9.47 Å². The molecule has 112 valence electrons. The van der Waals surface area contributed by atoms with Gasteiger partial charge in [-0.05, 0) is 60.4 Å². The van der Waals surface area contributed by atoms with E-state index < -0.39 is 0 Å². The number of thiophene rings is 1. The van der Waals surface area contributed by atoms with Crippen LogP contribution in [0.5, 0.6) is 0 Å². The highest BCUT2D eigenvalue weighted by Gasteiger charge is 2.41. The Morgan fingerprint density at radius 2 is 2.25 bits per heavy atom. The summed E-state index contributed by atoms with van der Waals surface area (Å²) in [5, 5.41) is 4.35. The second-order valence-electron chi connectivity index (χ2n) is 6.01. The van der Waals surface area contributed by atoms with E-state index in [-0.39, 0.29) is 5.60 Å². The molecule has 2 atom stereocenters. The molecule has 20 heavy (non-hydrogen) atoms.